The lowest BCUT2D eigenvalue weighted by molar-refractivity contribution is -0.0987. The van der Waals surface area contributed by atoms with E-state index in [-0.39, 0.29) is 17.1 Å². The van der Waals surface area contributed by atoms with Crippen LogP contribution in [0.25, 0.3) is 0 Å². The van der Waals surface area contributed by atoms with Crippen LogP contribution in [0.15, 0.2) is 36.4 Å². The molecule has 5 nitrogen and oxygen atoms in total. The van der Waals surface area contributed by atoms with Crippen molar-refractivity contribution < 1.29 is 27.6 Å². The van der Waals surface area contributed by atoms with Crippen LogP contribution in [0.1, 0.15) is 50.4 Å². The summed E-state index contributed by atoms with van der Waals surface area (Å²) in [6.07, 6.45) is 3.06. The van der Waals surface area contributed by atoms with Gasteiger partial charge in [0.1, 0.15) is 19.4 Å². The van der Waals surface area contributed by atoms with Gasteiger partial charge in [-0.25, -0.2) is 13.2 Å². The molecular weight excluding hydrogens is 421 g/mol. The normalized spacial score (nSPS) is 14.8. The van der Waals surface area contributed by atoms with Crippen LogP contribution in [-0.2, 0) is 9.59 Å². The van der Waals surface area contributed by atoms with Gasteiger partial charge in [-0.1, -0.05) is 20.8 Å². The molecule has 1 saturated heterocycles. The average molecular weight is 453 g/mol. The molecule has 1 atom stereocenters. The summed E-state index contributed by atoms with van der Waals surface area (Å²) in [6, 6.07) is 7.29. The predicted molar refractivity (Wildman–Crippen MR) is 122 cm³/mol. The number of hydrogen-bond acceptors (Lipinski definition) is 4. The van der Waals surface area contributed by atoms with Gasteiger partial charge in [0, 0.05) is 30.4 Å². The molecule has 1 fully saturated rings. The van der Waals surface area contributed by atoms with Gasteiger partial charge in [-0.2, -0.15) is 0 Å². The zero-order valence-corrected chi connectivity index (χ0v) is 18.8. The van der Waals surface area contributed by atoms with Crippen molar-refractivity contribution in [1.82, 2.24) is 0 Å². The van der Waals surface area contributed by atoms with Crippen LogP contribution in [0.4, 0.5) is 24.5 Å². The minimum atomic E-state index is -1.04. The third-order valence-corrected chi connectivity index (χ3v) is 4.74. The summed E-state index contributed by atoms with van der Waals surface area (Å²) in [6.45, 7) is 11.7. The van der Waals surface area contributed by atoms with Crippen molar-refractivity contribution in [2.24, 2.45) is 5.92 Å². The minimum absolute atomic E-state index is 0.142. The molecule has 0 bridgehead atoms. The van der Waals surface area contributed by atoms with E-state index in [9.17, 15) is 18.0 Å². The van der Waals surface area contributed by atoms with Gasteiger partial charge in [-0.3, -0.25) is 4.79 Å². The van der Waals surface area contributed by atoms with Gasteiger partial charge in [0.05, 0.1) is 5.69 Å². The van der Waals surface area contributed by atoms with Crippen LogP contribution in [0.3, 0.4) is 0 Å². The number of nitrogens with one attached hydrogen (secondary N) is 1. The molecule has 1 heterocycles. The Morgan fingerprint density at radius 3 is 2.16 bits per heavy atom. The van der Waals surface area contributed by atoms with Gasteiger partial charge in [0.2, 0.25) is 0 Å². The summed E-state index contributed by atoms with van der Waals surface area (Å²) in [5.74, 6) is -2.30. The number of anilines is 2. The summed E-state index contributed by atoms with van der Waals surface area (Å²) in [5, 5.41) is 2.51. The first-order valence-corrected chi connectivity index (χ1v) is 10.3. The first-order chi connectivity index (χ1) is 15.4. The van der Waals surface area contributed by atoms with E-state index in [1.165, 1.54) is 24.3 Å². The van der Waals surface area contributed by atoms with Crippen molar-refractivity contribution in [3.63, 3.8) is 0 Å². The number of carbonyl (C=O) groups is 3. The number of nitrogens with zero attached hydrogens (tertiary/aromatic N) is 1. The number of amides is 1. The number of hydrogen-bond donors (Lipinski definition) is 1. The summed E-state index contributed by atoms with van der Waals surface area (Å²) in [4.78, 5) is 30.4. The molecule has 1 aliphatic heterocycles. The molecule has 1 amide bonds. The Hall–Kier alpha value is -3.16. The van der Waals surface area contributed by atoms with Gasteiger partial charge in [0.25, 0.3) is 5.91 Å². The highest BCUT2D eigenvalue weighted by atomic mass is 19.2. The first kappa shape index (κ1) is 28.8. The second-order valence-electron chi connectivity index (χ2n) is 6.77. The van der Waals surface area contributed by atoms with Crippen molar-refractivity contribution in [2.45, 2.75) is 40.0 Å². The molecule has 0 aromatic heterocycles. The summed E-state index contributed by atoms with van der Waals surface area (Å²) < 4.78 is 40.6. The third kappa shape index (κ3) is 8.53. The lowest BCUT2D eigenvalue weighted by Crippen LogP contribution is -2.25. The Labute approximate surface area is 187 Å². The average Bonchev–Trinajstić information content (AvgIpc) is 3.05. The summed E-state index contributed by atoms with van der Waals surface area (Å²) in [5.41, 5.74) is 0.809. The van der Waals surface area contributed by atoms with Crippen LogP contribution in [0.2, 0.25) is 0 Å². The van der Waals surface area contributed by atoms with Crippen LogP contribution < -0.4 is 10.2 Å². The van der Waals surface area contributed by atoms with Crippen LogP contribution in [0, 0.1) is 23.4 Å². The van der Waals surface area contributed by atoms with Crippen molar-refractivity contribution in [3.8, 4) is 0 Å². The Morgan fingerprint density at radius 1 is 0.906 bits per heavy atom. The Morgan fingerprint density at radius 2 is 1.53 bits per heavy atom. The Kier molecular flexibility index (Phi) is 14.1. The highest BCUT2D eigenvalue weighted by molar-refractivity contribution is 6.04. The molecule has 1 unspecified atom stereocenters. The minimum Gasteiger partial charge on any atom is -0.369 e. The molecule has 0 saturated carbocycles. The fourth-order valence-electron chi connectivity index (χ4n) is 3.18. The molecule has 0 radical (unpaired) electrons. The quantitative estimate of drug-likeness (QED) is 0.655. The van der Waals surface area contributed by atoms with Crippen molar-refractivity contribution in [3.05, 3.63) is 59.4 Å². The van der Waals surface area contributed by atoms with Crippen LogP contribution in [-0.4, -0.2) is 32.6 Å². The monoisotopic (exact) mass is 452 g/mol. The fraction of sp³-hybridized carbons (Fsp3) is 0.375. The molecule has 3 rings (SSSR count). The van der Waals surface area contributed by atoms with E-state index < -0.39 is 17.5 Å². The van der Waals surface area contributed by atoms with Gasteiger partial charge < -0.3 is 19.8 Å². The van der Waals surface area contributed by atoms with Gasteiger partial charge >= 0.3 is 0 Å². The van der Waals surface area contributed by atoms with Crippen molar-refractivity contribution in [1.29, 1.82) is 0 Å². The molecule has 0 aliphatic carbocycles. The second-order valence-corrected chi connectivity index (χ2v) is 6.77. The molecule has 1 aliphatic rings. The molecule has 176 valence electrons. The van der Waals surface area contributed by atoms with Gasteiger partial charge in [-0.15, -0.1) is 0 Å². The number of benzene rings is 2. The maximum atomic E-state index is 14.3. The standard InChI is InChI=1S/C20H21F3N2O.C2H6.2CH2O/c1-13-3-2-9-25(10-8-13)19-11-14(4-6-17(19)22)20(26)24-15-5-7-16(21)18(23)12-15;3*1-2/h4-7,11-13H,2-3,8-10H2,1H3,(H,24,26);1-2H3;2*1H2. The maximum absolute atomic E-state index is 14.3. The highest BCUT2D eigenvalue weighted by Gasteiger charge is 2.19. The smallest absolute Gasteiger partial charge is 0.255 e. The number of carbonyl (C=O) groups excluding carboxylic acids is 3. The zero-order chi connectivity index (χ0) is 24.7. The van der Waals surface area contributed by atoms with E-state index in [1.807, 2.05) is 32.3 Å². The second kappa shape index (κ2) is 15.6. The molecule has 2 aromatic carbocycles. The Balaban J connectivity index is 0.00000148. The SMILES string of the molecule is C=O.C=O.CC.CC1CCCN(c2cc(C(=O)Nc3ccc(F)c(F)c3)ccc2F)CC1. The molecule has 2 aromatic rings. The Bertz CT molecular complexity index is 847. The lowest BCUT2D eigenvalue weighted by atomic mass is 10.0. The van der Waals surface area contributed by atoms with E-state index in [1.54, 1.807) is 0 Å². The van der Waals surface area contributed by atoms with Crippen LogP contribution in [0.5, 0.6) is 0 Å². The van der Waals surface area contributed by atoms with Gasteiger partial charge in [0.15, 0.2) is 11.6 Å². The molecule has 32 heavy (non-hydrogen) atoms. The highest BCUT2D eigenvalue weighted by Crippen LogP contribution is 2.26. The molecule has 0 spiro atoms. The summed E-state index contributed by atoms with van der Waals surface area (Å²) in [7, 11) is 0. The van der Waals surface area contributed by atoms with Crippen LogP contribution >= 0.6 is 0 Å². The van der Waals surface area contributed by atoms with Gasteiger partial charge in [-0.05, 0) is 55.5 Å². The lowest BCUT2D eigenvalue weighted by Gasteiger charge is -2.24. The molecule has 8 heteroatoms. The van der Waals surface area contributed by atoms with Crippen molar-refractivity contribution >= 4 is 30.9 Å². The zero-order valence-electron chi connectivity index (χ0n) is 18.8. The summed E-state index contributed by atoms with van der Waals surface area (Å²) >= 11 is 0. The van der Waals surface area contributed by atoms with E-state index >= 15 is 0 Å². The third-order valence-electron chi connectivity index (χ3n) is 4.74. The largest absolute Gasteiger partial charge is 0.369 e. The van der Waals surface area contributed by atoms with E-state index in [0.717, 1.165) is 44.5 Å². The number of halogens is 3. The van der Waals surface area contributed by atoms with E-state index in [2.05, 4.69) is 12.2 Å². The topological polar surface area (TPSA) is 66.5 Å². The van der Waals surface area contributed by atoms with E-state index in [4.69, 9.17) is 9.59 Å². The first-order valence-electron chi connectivity index (χ1n) is 10.3. The molecular formula is C24H31F3N2O3. The van der Waals surface area contributed by atoms with E-state index in [0.29, 0.717) is 11.6 Å². The van der Waals surface area contributed by atoms with Crippen molar-refractivity contribution in [2.75, 3.05) is 23.3 Å². The predicted octanol–water partition coefficient (Wildman–Crippen LogP) is 5.64. The maximum Gasteiger partial charge on any atom is 0.255 e. The molecule has 1 N–H and O–H groups in total. The number of rotatable bonds is 3. The fourth-order valence-corrected chi connectivity index (χ4v) is 3.18.